The van der Waals surface area contributed by atoms with Crippen LogP contribution in [0.2, 0.25) is 0 Å². The van der Waals surface area contributed by atoms with E-state index in [0.29, 0.717) is 0 Å². The van der Waals surface area contributed by atoms with Crippen LogP contribution in [0.4, 0.5) is 0 Å². The summed E-state index contributed by atoms with van der Waals surface area (Å²) in [6.45, 7) is 0. The molecule has 4 heteroatoms. The number of rotatable bonds is 3. The van der Waals surface area contributed by atoms with Crippen LogP contribution in [0.5, 0.6) is 0 Å². The molecule has 0 saturated heterocycles. The van der Waals surface area contributed by atoms with Crippen LogP contribution in [-0.4, -0.2) is 13.7 Å². The molecule has 0 aliphatic rings. The van der Waals surface area contributed by atoms with Crippen molar-refractivity contribution in [3.63, 3.8) is 0 Å². The van der Waals surface area contributed by atoms with Gasteiger partial charge in [0.2, 0.25) is 5.71 Å². The second-order valence-corrected chi connectivity index (χ2v) is 11.4. The third-order valence-electron chi connectivity index (χ3n) is 9.03. The van der Waals surface area contributed by atoms with E-state index in [1.165, 1.54) is 27.1 Å². The molecule has 0 amide bonds. The number of nitrogens with zero attached hydrogens (tertiary/aromatic N) is 3. The van der Waals surface area contributed by atoms with Crippen LogP contribution >= 0.6 is 0 Å². The Labute approximate surface area is 252 Å². The van der Waals surface area contributed by atoms with Gasteiger partial charge in [0.05, 0.1) is 21.9 Å². The minimum atomic E-state index is 0.872. The Kier molecular flexibility index (Phi) is 4.69. The minimum absolute atomic E-state index is 0.872. The van der Waals surface area contributed by atoms with E-state index in [-0.39, 0.29) is 0 Å². The number of benzene rings is 6. The molecule has 10 rings (SSSR count). The van der Waals surface area contributed by atoms with Gasteiger partial charge in [-0.15, -0.1) is 0 Å². The van der Waals surface area contributed by atoms with Crippen molar-refractivity contribution in [2.45, 2.75) is 0 Å². The number of aromatic nitrogens is 3. The van der Waals surface area contributed by atoms with Gasteiger partial charge in [0.15, 0.2) is 0 Å². The Morgan fingerprint density at radius 1 is 0.364 bits per heavy atom. The van der Waals surface area contributed by atoms with E-state index in [1.807, 2.05) is 6.07 Å². The highest BCUT2D eigenvalue weighted by atomic mass is 16.3. The summed E-state index contributed by atoms with van der Waals surface area (Å²) in [5, 5.41) is 7.16. The lowest BCUT2D eigenvalue weighted by Crippen LogP contribution is -2.01. The van der Waals surface area contributed by atoms with Crippen LogP contribution in [-0.2, 0) is 0 Å². The zero-order valence-electron chi connectivity index (χ0n) is 23.7. The van der Waals surface area contributed by atoms with E-state index in [2.05, 4.69) is 159 Å². The molecule has 10 aromatic rings. The third-order valence-corrected chi connectivity index (χ3v) is 9.03. The highest BCUT2D eigenvalue weighted by Crippen LogP contribution is 2.43. The van der Waals surface area contributed by atoms with E-state index in [9.17, 15) is 0 Å². The highest BCUT2D eigenvalue weighted by Gasteiger charge is 2.24. The van der Waals surface area contributed by atoms with Crippen molar-refractivity contribution in [1.29, 1.82) is 0 Å². The molecule has 0 aliphatic carbocycles. The fraction of sp³-hybridized carbons (Fsp3) is 0. The Balaban J connectivity index is 1.38. The molecule has 0 bridgehead atoms. The van der Waals surface area contributed by atoms with Crippen molar-refractivity contribution in [3.05, 3.63) is 152 Å². The van der Waals surface area contributed by atoms with Crippen LogP contribution in [0, 0.1) is 0 Å². The first-order valence-corrected chi connectivity index (χ1v) is 15.0. The average molecular weight is 564 g/mol. The van der Waals surface area contributed by atoms with Gasteiger partial charge in [0.1, 0.15) is 11.2 Å². The minimum Gasteiger partial charge on any atom is -0.439 e. The summed E-state index contributed by atoms with van der Waals surface area (Å²) in [6.07, 6.45) is 0. The van der Waals surface area contributed by atoms with Crippen LogP contribution in [0.15, 0.2) is 156 Å². The van der Waals surface area contributed by atoms with Gasteiger partial charge in [-0.2, -0.15) is 0 Å². The van der Waals surface area contributed by atoms with Crippen LogP contribution in [0.25, 0.3) is 82.9 Å². The molecular formula is C40H25N3O. The summed E-state index contributed by atoms with van der Waals surface area (Å²) in [5.74, 6) is 0. The third kappa shape index (κ3) is 3.06. The lowest BCUT2D eigenvalue weighted by molar-refractivity contribution is 0.645. The van der Waals surface area contributed by atoms with E-state index < -0.39 is 0 Å². The first kappa shape index (κ1) is 23.6. The maximum absolute atomic E-state index is 6.58. The van der Waals surface area contributed by atoms with E-state index in [1.54, 1.807) is 0 Å². The molecule has 0 spiro atoms. The van der Waals surface area contributed by atoms with Gasteiger partial charge in [0, 0.05) is 44.0 Å². The van der Waals surface area contributed by atoms with Crippen molar-refractivity contribution < 1.29 is 4.42 Å². The smallest absolute Gasteiger partial charge is 0.213 e. The van der Waals surface area contributed by atoms with Crippen LogP contribution in [0.1, 0.15) is 0 Å². The molecule has 0 atom stereocenters. The molecule has 44 heavy (non-hydrogen) atoms. The van der Waals surface area contributed by atoms with Gasteiger partial charge in [-0.3, -0.25) is 13.7 Å². The molecule has 0 N–H and O–H groups in total. The summed E-state index contributed by atoms with van der Waals surface area (Å²) in [7, 11) is 0. The van der Waals surface area contributed by atoms with E-state index >= 15 is 0 Å². The standard InChI is InChI=1S/C40H25N3O/c1-3-13-26(14-4-1)41-33-20-10-7-17-29(33)37-32-25-28(23-24-35(32)42(39(37)41)27-15-5-2-6-16-27)43-34-21-11-8-18-30(34)38-31-19-9-12-22-36(31)44-40(38)43/h1-25H. The van der Waals surface area contributed by atoms with Gasteiger partial charge in [-0.25, -0.2) is 0 Å². The monoisotopic (exact) mass is 563 g/mol. The van der Waals surface area contributed by atoms with Gasteiger partial charge in [-0.1, -0.05) is 91.0 Å². The van der Waals surface area contributed by atoms with E-state index in [0.717, 1.165) is 55.8 Å². The molecule has 0 radical (unpaired) electrons. The van der Waals surface area contributed by atoms with Gasteiger partial charge in [-0.05, 0) is 60.7 Å². The second-order valence-electron chi connectivity index (χ2n) is 11.4. The topological polar surface area (TPSA) is 27.9 Å². The highest BCUT2D eigenvalue weighted by molar-refractivity contribution is 6.23. The summed E-state index contributed by atoms with van der Waals surface area (Å²) in [4.78, 5) is 0. The normalized spacial score (nSPS) is 12.1. The fourth-order valence-electron chi connectivity index (χ4n) is 7.25. The predicted molar refractivity (Wildman–Crippen MR) is 182 cm³/mol. The summed E-state index contributed by atoms with van der Waals surface area (Å²) >= 11 is 0. The summed E-state index contributed by atoms with van der Waals surface area (Å²) < 4.78 is 13.7. The maximum Gasteiger partial charge on any atom is 0.213 e. The van der Waals surface area contributed by atoms with Crippen LogP contribution < -0.4 is 0 Å². The molecule has 0 unspecified atom stereocenters. The number of hydrogen-bond acceptors (Lipinski definition) is 1. The Hall–Kier alpha value is -6.00. The van der Waals surface area contributed by atoms with E-state index in [4.69, 9.17) is 4.42 Å². The molecule has 6 aromatic carbocycles. The average Bonchev–Trinajstić information content (AvgIpc) is 3.80. The largest absolute Gasteiger partial charge is 0.439 e. The predicted octanol–water partition coefficient (Wildman–Crippen LogP) is 10.6. The zero-order chi connectivity index (χ0) is 28.8. The van der Waals surface area contributed by atoms with Crippen LogP contribution in [0.3, 0.4) is 0 Å². The number of para-hydroxylation sites is 5. The zero-order valence-corrected chi connectivity index (χ0v) is 23.7. The molecule has 4 heterocycles. The Morgan fingerprint density at radius 3 is 1.57 bits per heavy atom. The molecule has 0 fully saturated rings. The first-order valence-electron chi connectivity index (χ1n) is 15.0. The maximum atomic E-state index is 6.58. The molecule has 0 aliphatic heterocycles. The second kappa shape index (κ2) is 8.76. The number of hydrogen-bond donors (Lipinski definition) is 0. The number of fused-ring (bicyclic) bond motifs is 10. The summed E-state index contributed by atoms with van der Waals surface area (Å²) in [5.41, 5.74) is 9.76. The lowest BCUT2D eigenvalue weighted by atomic mass is 10.1. The molecular weight excluding hydrogens is 538 g/mol. The van der Waals surface area contributed by atoms with Gasteiger partial charge < -0.3 is 4.42 Å². The van der Waals surface area contributed by atoms with Crippen molar-refractivity contribution in [2.24, 2.45) is 0 Å². The fourth-order valence-corrected chi connectivity index (χ4v) is 7.25. The molecule has 4 aromatic heterocycles. The first-order chi connectivity index (χ1) is 21.9. The lowest BCUT2D eigenvalue weighted by Gasteiger charge is -2.13. The van der Waals surface area contributed by atoms with Gasteiger partial charge >= 0.3 is 0 Å². The van der Waals surface area contributed by atoms with Crippen molar-refractivity contribution in [1.82, 2.24) is 13.7 Å². The van der Waals surface area contributed by atoms with Gasteiger partial charge in [0.25, 0.3) is 0 Å². The quantitative estimate of drug-likeness (QED) is 0.210. The van der Waals surface area contributed by atoms with Crippen molar-refractivity contribution in [2.75, 3.05) is 0 Å². The molecule has 4 nitrogen and oxygen atoms in total. The van der Waals surface area contributed by atoms with Crippen molar-refractivity contribution in [3.8, 4) is 17.1 Å². The summed E-state index contributed by atoms with van der Waals surface area (Å²) in [6, 6.07) is 53.9. The SMILES string of the molecule is c1ccc(-n2c3ccccc3c3c4cc(-n5c6ccccc6c6c7ccccc7oc65)ccc4n(-c4ccccc4)c32)cc1. The molecule has 0 saturated carbocycles. The van der Waals surface area contributed by atoms with Crippen molar-refractivity contribution >= 4 is 65.8 Å². The number of furan rings is 1. The Bertz CT molecular complexity index is 2700. The Morgan fingerprint density at radius 2 is 0.886 bits per heavy atom. The molecule has 206 valence electrons.